The van der Waals surface area contributed by atoms with Crippen LogP contribution < -0.4 is 0 Å². The minimum absolute atomic E-state index is 0.0552. The number of likely N-dealkylation sites (tertiary alicyclic amines) is 2. The van der Waals surface area contributed by atoms with E-state index in [1.807, 2.05) is 0 Å². The van der Waals surface area contributed by atoms with Gasteiger partial charge in [0.15, 0.2) is 0 Å². The van der Waals surface area contributed by atoms with E-state index in [0.29, 0.717) is 6.04 Å². The SMILES string of the molecule is O=C(C1=CCCC1)N1CC[C@@]2(C[C@H](N3CCCC3)CCO2)C1. The van der Waals surface area contributed by atoms with Crippen LogP contribution in [0.2, 0.25) is 0 Å². The molecule has 1 amide bonds. The van der Waals surface area contributed by atoms with Crippen LogP contribution in [0, 0.1) is 0 Å². The quantitative estimate of drug-likeness (QED) is 0.785. The molecule has 0 radical (unpaired) electrons. The lowest BCUT2D eigenvalue weighted by molar-refractivity contribution is -0.130. The van der Waals surface area contributed by atoms with Crippen LogP contribution in [0.3, 0.4) is 0 Å². The van der Waals surface area contributed by atoms with E-state index in [4.69, 9.17) is 4.74 Å². The fraction of sp³-hybridized carbons (Fsp3) is 0.833. The number of rotatable bonds is 2. The third-order valence-electron chi connectivity index (χ3n) is 6.04. The summed E-state index contributed by atoms with van der Waals surface area (Å²) in [6, 6.07) is 0.678. The van der Waals surface area contributed by atoms with E-state index < -0.39 is 0 Å². The Balaban J connectivity index is 1.40. The molecule has 4 nitrogen and oxygen atoms in total. The first kappa shape index (κ1) is 14.7. The maximum atomic E-state index is 12.6. The lowest BCUT2D eigenvalue weighted by atomic mass is 9.89. The van der Waals surface area contributed by atoms with Crippen LogP contribution in [-0.2, 0) is 9.53 Å². The smallest absolute Gasteiger partial charge is 0.249 e. The first-order valence-electron chi connectivity index (χ1n) is 9.12. The van der Waals surface area contributed by atoms with Gasteiger partial charge in [-0.1, -0.05) is 6.08 Å². The largest absolute Gasteiger partial charge is 0.373 e. The molecule has 2 atom stereocenters. The highest BCUT2D eigenvalue weighted by atomic mass is 16.5. The molecule has 0 aromatic rings. The fourth-order valence-electron chi connectivity index (χ4n) is 4.79. The molecule has 0 unspecified atom stereocenters. The van der Waals surface area contributed by atoms with Crippen LogP contribution in [0.4, 0.5) is 0 Å². The van der Waals surface area contributed by atoms with Gasteiger partial charge in [-0.25, -0.2) is 0 Å². The van der Waals surface area contributed by atoms with E-state index in [2.05, 4.69) is 15.9 Å². The molecular formula is C18H28N2O2. The van der Waals surface area contributed by atoms with Gasteiger partial charge >= 0.3 is 0 Å². The van der Waals surface area contributed by atoms with E-state index in [1.165, 1.54) is 32.4 Å². The van der Waals surface area contributed by atoms with Gasteiger partial charge in [-0.05, 0) is 64.5 Å². The van der Waals surface area contributed by atoms with Crippen LogP contribution in [0.1, 0.15) is 51.4 Å². The van der Waals surface area contributed by atoms with Gasteiger partial charge in [-0.2, -0.15) is 0 Å². The van der Waals surface area contributed by atoms with Gasteiger partial charge < -0.3 is 14.5 Å². The van der Waals surface area contributed by atoms with Crippen molar-refractivity contribution >= 4 is 5.91 Å². The minimum Gasteiger partial charge on any atom is -0.373 e. The molecule has 22 heavy (non-hydrogen) atoms. The van der Waals surface area contributed by atoms with E-state index in [-0.39, 0.29) is 11.5 Å². The maximum Gasteiger partial charge on any atom is 0.249 e. The Labute approximate surface area is 133 Å². The molecule has 3 fully saturated rings. The van der Waals surface area contributed by atoms with Crippen LogP contribution >= 0.6 is 0 Å². The van der Waals surface area contributed by atoms with Gasteiger partial charge in [0, 0.05) is 24.8 Å². The van der Waals surface area contributed by atoms with Crippen molar-refractivity contribution in [3.63, 3.8) is 0 Å². The average molecular weight is 304 g/mol. The van der Waals surface area contributed by atoms with Crippen molar-refractivity contribution in [2.75, 3.05) is 32.8 Å². The summed E-state index contributed by atoms with van der Waals surface area (Å²) >= 11 is 0. The topological polar surface area (TPSA) is 32.8 Å². The van der Waals surface area contributed by atoms with Crippen LogP contribution in [0.5, 0.6) is 0 Å². The third kappa shape index (κ3) is 2.71. The molecule has 0 bridgehead atoms. The Morgan fingerprint density at radius 3 is 2.86 bits per heavy atom. The molecule has 0 aromatic heterocycles. The molecule has 3 saturated heterocycles. The van der Waals surface area contributed by atoms with Crippen molar-refractivity contribution in [1.29, 1.82) is 0 Å². The molecule has 1 spiro atoms. The molecule has 1 aliphatic carbocycles. The predicted molar refractivity (Wildman–Crippen MR) is 85.6 cm³/mol. The fourth-order valence-corrected chi connectivity index (χ4v) is 4.79. The number of carbonyl (C=O) groups excluding carboxylic acids is 1. The summed E-state index contributed by atoms with van der Waals surface area (Å²) in [6.45, 7) is 5.08. The van der Waals surface area contributed by atoms with Crippen molar-refractivity contribution in [2.24, 2.45) is 0 Å². The summed E-state index contributed by atoms with van der Waals surface area (Å²) in [5.41, 5.74) is 0.990. The van der Waals surface area contributed by atoms with Crippen LogP contribution in [-0.4, -0.2) is 60.1 Å². The molecule has 3 aliphatic heterocycles. The second-order valence-electron chi connectivity index (χ2n) is 7.52. The molecule has 0 N–H and O–H groups in total. The van der Waals surface area contributed by atoms with Gasteiger partial charge in [0.1, 0.15) is 0 Å². The lowest BCUT2D eigenvalue weighted by Crippen LogP contribution is -2.49. The summed E-state index contributed by atoms with van der Waals surface area (Å²) in [4.78, 5) is 17.3. The van der Waals surface area contributed by atoms with Crippen LogP contribution in [0.15, 0.2) is 11.6 Å². The summed E-state index contributed by atoms with van der Waals surface area (Å²) in [5, 5.41) is 0. The second kappa shape index (κ2) is 5.97. The zero-order valence-electron chi connectivity index (χ0n) is 13.6. The monoisotopic (exact) mass is 304 g/mol. The van der Waals surface area contributed by atoms with Gasteiger partial charge in [-0.3, -0.25) is 4.79 Å². The van der Waals surface area contributed by atoms with Gasteiger partial charge in [0.25, 0.3) is 0 Å². The summed E-state index contributed by atoms with van der Waals surface area (Å²) in [6.07, 6.45) is 11.3. The summed E-state index contributed by atoms with van der Waals surface area (Å²) in [7, 11) is 0. The predicted octanol–water partition coefficient (Wildman–Crippen LogP) is 2.34. The molecule has 0 aromatic carbocycles. The second-order valence-corrected chi connectivity index (χ2v) is 7.52. The van der Waals surface area contributed by atoms with Gasteiger partial charge in [0.2, 0.25) is 5.91 Å². The Kier molecular flexibility index (Phi) is 3.99. The molecule has 3 heterocycles. The highest BCUT2D eigenvalue weighted by Gasteiger charge is 2.46. The third-order valence-corrected chi connectivity index (χ3v) is 6.04. The van der Waals surface area contributed by atoms with Crippen molar-refractivity contribution in [3.8, 4) is 0 Å². The molecule has 0 saturated carbocycles. The number of hydrogen-bond donors (Lipinski definition) is 0. The molecule has 4 aliphatic rings. The number of carbonyl (C=O) groups is 1. The van der Waals surface area contributed by atoms with E-state index >= 15 is 0 Å². The Bertz CT molecular complexity index is 470. The summed E-state index contributed by atoms with van der Waals surface area (Å²) in [5.74, 6) is 0.279. The van der Waals surface area contributed by atoms with E-state index in [0.717, 1.165) is 57.4 Å². The number of amides is 1. The first-order chi connectivity index (χ1) is 10.8. The minimum atomic E-state index is -0.0552. The van der Waals surface area contributed by atoms with Crippen molar-refractivity contribution in [1.82, 2.24) is 9.80 Å². The standard InChI is InChI=1S/C18H28N2O2/c21-17(15-5-1-2-6-15)20-11-8-18(14-20)13-16(7-12-22-18)19-9-3-4-10-19/h5,16H,1-4,6-14H2/t16-,18-/m1/s1. The zero-order valence-corrected chi connectivity index (χ0v) is 13.6. The number of hydrogen-bond acceptors (Lipinski definition) is 3. The van der Waals surface area contributed by atoms with E-state index in [1.54, 1.807) is 0 Å². The first-order valence-corrected chi connectivity index (χ1v) is 9.12. The molecule has 4 rings (SSSR count). The highest BCUT2D eigenvalue weighted by Crippen LogP contribution is 2.37. The van der Waals surface area contributed by atoms with Crippen molar-refractivity contribution < 1.29 is 9.53 Å². The number of ether oxygens (including phenoxy) is 1. The van der Waals surface area contributed by atoms with Gasteiger partial charge in [0.05, 0.1) is 12.1 Å². The van der Waals surface area contributed by atoms with Crippen molar-refractivity contribution in [2.45, 2.75) is 63.0 Å². The normalized spacial score (nSPS) is 36.3. The number of nitrogens with zero attached hydrogens (tertiary/aromatic N) is 2. The Hall–Kier alpha value is -0.870. The molecule has 122 valence electrons. The zero-order chi connectivity index (χ0) is 15.0. The molecular weight excluding hydrogens is 276 g/mol. The van der Waals surface area contributed by atoms with Crippen LogP contribution in [0.25, 0.3) is 0 Å². The Morgan fingerprint density at radius 2 is 2.09 bits per heavy atom. The number of allylic oxidation sites excluding steroid dienone is 1. The van der Waals surface area contributed by atoms with Crippen molar-refractivity contribution in [3.05, 3.63) is 11.6 Å². The lowest BCUT2D eigenvalue weighted by Gasteiger charge is -2.41. The average Bonchev–Trinajstić information content (AvgIpc) is 3.29. The maximum absolute atomic E-state index is 12.6. The Morgan fingerprint density at radius 1 is 1.23 bits per heavy atom. The highest BCUT2D eigenvalue weighted by molar-refractivity contribution is 5.94. The van der Waals surface area contributed by atoms with E-state index in [9.17, 15) is 4.79 Å². The molecule has 4 heteroatoms. The summed E-state index contributed by atoms with van der Waals surface area (Å²) < 4.78 is 6.22. The van der Waals surface area contributed by atoms with Gasteiger partial charge in [-0.15, -0.1) is 0 Å².